The van der Waals surface area contributed by atoms with Crippen LogP contribution in [0.5, 0.6) is 5.75 Å². The molecule has 3 aromatic heterocycles. The quantitative estimate of drug-likeness (QED) is 0.386. The summed E-state index contributed by atoms with van der Waals surface area (Å²) in [4.78, 5) is 4.53. The molecule has 37 heavy (non-hydrogen) atoms. The Kier molecular flexibility index (Phi) is 6.50. The Morgan fingerprint density at radius 1 is 1.11 bits per heavy atom. The van der Waals surface area contributed by atoms with Crippen LogP contribution in [0.2, 0.25) is 0 Å². The van der Waals surface area contributed by atoms with Crippen molar-refractivity contribution in [3.05, 3.63) is 54.7 Å². The number of alkyl halides is 1. The van der Waals surface area contributed by atoms with Gasteiger partial charge in [0.25, 0.3) is 0 Å². The standard InChI is InChI=1S/C27H31F2N7O/c1-30-26-12-24-20(14-32-26)27(17-13-33-35(16-17)23-10-11-31-15-22(23)29)34-36(24)18-6-8-19(9-7-18)37-25-5-3-2-4-21(25)28/h2-5,12-14,16,18-19,22-23,31H,6-11,15H2,1H3,(H,30,32)/t18-,19+,22-,23-/m0/s1. The van der Waals surface area contributed by atoms with Crippen LogP contribution in [-0.2, 0) is 0 Å². The summed E-state index contributed by atoms with van der Waals surface area (Å²) in [5, 5.41) is 16.7. The number of benzene rings is 1. The number of halogens is 2. The minimum absolute atomic E-state index is 0.0270. The maximum Gasteiger partial charge on any atom is 0.165 e. The summed E-state index contributed by atoms with van der Waals surface area (Å²) in [6.07, 6.45) is 8.56. The minimum Gasteiger partial charge on any atom is -0.487 e. The Bertz CT molecular complexity index is 1380. The normalized spacial score (nSPS) is 24.3. The second kappa shape index (κ2) is 10.1. The molecule has 2 N–H and O–H groups in total. The van der Waals surface area contributed by atoms with E-state index in [1.54, 1.807) is 29.1 Å². The van der Waals surface area contributed by atoms with Gasteiger partial charge < -0.3 is 15.4 Å². The molecule has 0 unspecified atom stereocenters. The molecule has 10 heteroatoms. The molecule has 1 saturated carbocycles. The second-order valence-corrected chi connectivity index (χ2v) is 9.89. The van der Waals surface area contributed by atoms with Gasteiger partial charge in [-0.1, -0.05) is 12.1 Å². The fourth-order valence-corrected chi connectivity index (χ4v) is 5.53. The number of aromatic nitrogens is 5. The van der Waals surface area contributed by atoms with Crippen LogP contribution in [-0.4, -0.2) is 57.0 Å². The number of hydrogen-bond acceptors (Lipinski definition) is 6. The number of nitrogens with zero attached hydrogens (tertiary/aromatic N) is 5. The van der Waals surface area contributed by atoms with Gasteiger partial charge in [-0.05, 0) is 50.8 Å². The number of rotatable bonds is 6. The van der Waals surface area contributed by atoms with Crippen molar-refractivity contribution in [3.63, 3.8) is 0 Å². The van der Waals surface area contributed by atoms with E-state index < -0.39 is 6.17 Å². The number of ether oxygens (including phenoxy) is 1. The Labute approximate surface area is 214 Å². The predicted molar refractivity (Wildman–Crippen MR) is 138 cm³/mol. The molecule has 4 aromatic rings. The highest BCUT2D eigenvalue weighted by Crippen LogP contribution is 2.37. The van der Waals surface area contributed by atoms with Gasteiger partial charge in [-0.2, -0.15) is 10.2 Å². The summed E-state index contributed by atoms with van der Waals surface area (Å²) in [5.74, 6) is 0.745. The molecule has 2 fully saturated rings. The zero-order chi connectivity index (χ0) is 25.4. The first-order valence-electron chi connectivity index (χ1n) is 13.0. The molecule has 1 saturated heterocycles. The van der Waals surface area contributed by atoms with Crippen molar-refractivity contribution in [2.45, 2.75) is 56.5 Å². The summed E-state index contributed by atoms with van der Waals surface area (Å²) in [5.41, 5.74) is 2.64. The van der Waals surface area contributed by atoms with Gasteiger partial charge >= 0.3 is 0 Å². The van der Waals surface area contributed by atoms with E-state index >= 15 is 0 Å². The highest BCUT2D eigenvalue weighted by Gasteiger charge is 2.29. The van der Waals surface area contributed by atoms with Crippen LogP contribution >= 0.6 is 0 Å². The molecule has 0 spiro atoms. The van der Waals surface area contributed by atoms with E-state index in [2.05, 4.69) is 25.4 Å². The lowest BCUT2D eigenvalue weighted by atomic mass is 9.93. The van der Waals surface area contributed by atoms with E-state index in [-0.39, 0.29) is 24.0 Å². The van der Waals surface area contributed by atoms with Crippen LogP contribution in [0.4, 0.5) is 14.6 Å². The molecule has 0 amide bonds. The molecular weight excluding hydrogens is 476 g/mol. The maximum absolute atomic E-state index is 14.5. The van der Waals surface area contributed by atoms with Crippen molar-refractivity contribution in [2.75, 3.05) is 25.5 Å². The Morgan fingerprint density at radius 2 is 1.95 bits per heavy atom. The highest BCUT2D eigenvalue weighted by atomic mass is 19.1. The number of piperidine rings is 1. The summed E-state index contributed by atoms with van der Waals surface area (Å²) in [7, 11) is 1.84. The molecule has 2 aliphatic rings. The Balaban J connectivity index is 1.27. The van der Waals surface area contributed by atoms with Gasteiger partial charge in [-0.3, -0.25) is 9.36 Å². The average Bonchev–Trinajstić information content (AvgIpc) is 3.55. The number of para-hydroxylation sites is 1. The largest absolute Gasteiger partial charge is 0.487 e. The number of nitrogens with one attached hydrogen (secondary N) is 2. The molecule has 1 aliphatic heterocycles. The molecule has 2 atom stereocenters. The second-order valence-electron chi connectivity index (χ2n) is 9.89. The molecule has 1 aliphatic carbocycles. The molecule has 0 bridgehead atoms. The van der Waals surface area contributed by atoms with Crippen molar-refractivity contribution in [1.82, 2.24) is 29.9 Å². The zero-order valence-electron chi connectivity index (χ0n) is 20.8. The van der Waals surface area contributed by atoms with E-state index in [4.69, 9.17) is 9.84 Å². The van der Waals surface area contributed by atoms with Crippen molar-refractivity contribution >= 4 is 16.7 Å². The summed E-state index contributed by atoms with van der Waals surface area (Å²) < 4.78 is 38.4. The van der Waals surface area contributed by atoms with Crippen LogP contribution in [0.15, 0.2) is 48.9 Å². The Hall–Kier alpha value is -3.53. The molecular formula is C27H31F2N7O. The molecule has 6 rings (SSSR count). The molecule has 8 nitrogen and oxygen atoms in total. The number of fused-ring (bicyclic) bond motifs is 1. The first-order chi connectivity index (χ1) is 18.1. The van der Waals surface area contributed by atoms with Gasteiger partial charge in [0.1, 0.15) is 17.7 Å². The summed E-state index contributed by atoms with van der Waals surface area (Å²) in [6.45, 7) is 1.12. The topological polar surface area (TPSA) is 81.8 Å². The molecule has 1 aromatic carbocycles. The third-order valence-corrected chi connectivity index (χ3v) is 7.56. The van der Waals surface area contributed by atoms with Gasteiger partial charge in [-0.25, -0.2) is 13.8 Å². The van der Waals surface area contributed by atoms with Crippen molar-refractivity contribution in [3.8, 4) is 17.0 Å². The smallest absolute Gasteiger partial charge is 0.165 e. The lowest BCUT2D eigenvalue weighted by Crippen LogP contribution is -2.39. The van der Waals surface area contributed by atoms with Crippen molar-refractivity contribution in [2.24, 2.45) is 0 Å². The van der Waals surface area contributed by atoms with Crippen LogP contribution < -0.4 is 15.4 Å². The van der Waals surface area contributed by atoms with E-state index in [1.807, 2.05) is 25.5 Å². The first-order valence-corrected chi connectivity index (χ1v) is 13.0. The van der Waals surface area contributed by atoms with Crippen LogP contribution in [0, 0.1) is 5.82 Å². The maximum atomic E-state index is 14.5. The van der Waals surface area contributed by atoms with Crippen LogP contribution in [0.1, 0.15) is 44.2 Å². The fourth-order valence-electron chi connectivity index (χ4n) is 5.53. The lowest BCUT2D eigenvalue weighted by molar-refractivity contribution is 0.126. The fraction of sp³-hybridized carbons (Fsp3) is 0.444. The van der Waals surface area contributed by atoms with E-state index in [0.717, 1.165) is 60.2 Å². The number of anilines is 1. The van der Waals surface area contributed by atoms with Crippen molar-refractivity contribution in [1.29, 1.82) is 0 Å². The summed E-state index contributed by atoms with van der Waals surface area (Å²) >= 11 is 0. The first kappa shape index (κ1) is 23.8. The number of pyridine rings is 1. The third-order valence-electron chi connectivity index (χ3n) is 7.56. The van der Waals surface area contributed by atoms with Gasteiger partial charge in [0, 0.05) is 43.0 Å². The zero-order valence-corrected chi connectivity index (χ0v) is 20.8. The van der Waals surface area contributed by atoms with Gasteiger partial charge in [0.05, 0.1) is 29.9 Å². The molecule has 0 radical (unpaired) electrons. The predicted octanol–water partition coefficient (Wildman–Crippen LogP) is 4.91. The SMILES string of the molecule is CNc1cc2c(cn1)c(-c1cnn([C@H]3CCNC[C@@H]3F)c1)nn2[C@H]1CC[C@@H](Oc2ccccc2F)CC1. The minimum atomic E-state index is -0.975. The monoisotopic (exact) mass is 507 g/mol. The van der Waals surface area contributed by atoms with Gasteiger partial charge in [0.2, 0.25) is 0 Å². The van der Waals surface area contributed by atoms with E-state index in [1.165, 1.54) is 6.07 Å². The molecule has 194 valence electrons. The van der Waals surface area contributed by atoms with E-state index in [9.17, 15) is 8.78 Å². The molecule has 4 heterocycles. The van der Waals surface area contributed by atoms with Gasteiger partial charge in [-0.15, -0.1) is 0 Å². The van der Waals surface area contributed by atoms with E-state index in [0.29, 0.717) is 18.7 Å². The van der Waals surface area contributed by atoms with Crippen molar-refractivity contribution < 1.29 is 13.5 Å². The summed E-state index contributed by atoms with van der Waals surface area (Å²) in [6, 6.07) is 8.47. The highest BCUT2D eigenvalue weighted by molar-refractivity contribution is 5.93. The van der Waals surface area contributed by atoms with Crippen LogP contribution in [0.3, 0.4) is 0 Å². The Morgan fingerprint density at radius 3 is 2.73 bits per heavy atom. The number of hydrogen-bond donors (Lipinski definition) is 2. The lowest BCUT2D eigenvalue weighted by Gasteiger charge is -2.29. The van der Waals surface area contributed by atoms with Gasteiger partial charge in [0.15, 0.2) is 11.6 Å². The third kappa shape index (κ3) is 4.66. The average molecular weight is 508 g/mol. The van der Waals surface area contributed by atoms with Crippen LogP contribution in [0.25, 0.3) is 22.2 Å².